The van der Waals surface area contributed by atoms with Gasteiger partial charge in [0, 0.05) is 23.1 Å². The molecule has 0 heterocycles. The zero-order chi connectivity index (χ0) is 14.1. The second kappa shape index (κ2) is 8.82. The summed E-state index contributed by atoms with van der Waals surface area (Å²) >= 11 is 0. The highest BCUT2D eigenvalue weighted by Crippen LogP contribution is 2.07. The Balaban J connectivity index is 2.35. The molecule has 1 unspecified atom stereocenters. The molecule has 4 nitrogen and oxygen atoms in total. The molecule has 1 aromatic carbocycles. The summed E-state index contributed by atoms with van der Waals surface area (Å²) in [7, 11) is -1.19. The molecule has 1 atom stereocenters. The van der Waals surface area contributed by atoms with E-state index in [2.05, 4.69) is 12.2 Å². The second-order valence-corrected chi connectivity index (χ2v) is 5.86. The highest BCUT2D eigenvalue weighted by Gasteiger charge is 2.08. The summed E-state index contributed by atoms with van der Waals surface area (Å²) in [6, 6.07) is 7.26. The quantitative estimate of drug-likeness (QED) is 0.708. The number of rotatable bonds is 8. The maximum absolute atomic E-state index is 11.8. The lowest BCUT2D eigenvalue weighted by Crippen LogP contribution is -2.29. The van der Waals surface area contributed by atoms with Gasteiger partial charge >= 0.3 is 0 Å². The van der Waals surface area contributed by atoms with Crippen LogP contribution in [0.2, 0.25) is 0 Å². The van der Waals surface area contributed by atoms with Crippen LogP contribution in [-0.4, -0.2) is 27.5 Å². The van der Waals surface area contributed by atoms with Gasteiger partial charge in [0.05, 0.1) is 6.61 Å². The van der Waals surface area contributed by atoms with Gasteiger partial charge in [-0.05, 0) is 17.5 Å². The van der Waals surface area contributed by atoms with E-state index in [0.29, 0.717) is 12.3 Å². The smallest absolute Gasteiger partial charge is 0.232 e. The van der Waals surface area contributed by atoms with Crippen LogP contribution in [0.15, 0.2) is 24.3 Å². The molecule has 2 N–H and O–H groups in total. The maximum atomic E-state index is 11.8. The molecule has 19 heavy (non-hydrogen) atoms. The van der Waals surface area contributed by atoms with Gasteiger partial charge in [0.15, 0.2) is 0 Å². The number of carbonyl (C=O) groups is 1. The average molecular weight is 283 g/mol. The van der Waals surface area contributed by atoms with E-state index in [1.54, 1.807) is 12.1 Å². The molecule has 0 spiro atoms. The molecule has 0 aliphatic heterocycles. The second-order valence-electron chi connectivity index (χ2n) is 4.41. The molecule has 1 rings (SSSR count). The molecule has 0 saturated heterocycles. The summed E-state index contributed by atoms with van der Waals surface area (Å²) in [5.41, 5.74) is 1.74. The van der Waals surface area contributed by atoms with E-state index < -0.39 is 10.8 Å². The topological polar surface area (TPSA) is 66.4 Å². The first-order valence-corrected chi connectivity index (χ1v) is 7.95. The van der Waals surface area contributed by atoms with Gasteiger partial charge in [-0.15, -0.1) is 0 Å². The van der Waals surface area contributed by atoms with Gasteiger partial charge in [-0.25, -0.2) is 0 Å². The number of benzene rings is 1. The average Bonchev–Trinajstić information content (AvgIpc) is 2.39. The lowest BCUT2D eigenvalue weighted by atomic mass is 10.2. The third kappa shape index (κ3) is 6.50. The SMILES string of the molecule is CCCCNC(=O)CS(=O)Cc1ccc(CO)cc1. The fraction of sp³-hybridized carbons (Fsp3) is 0.500. The Morgan fingerprint density at radius 3 is 2.47 bits per heavy atom. The summed E-state index contributed by atoms with van der Waals surface area (Å²) in [4.78, 5) is 11.5. The third-order valence-corrected chi connectivity index (χ3v) is 3.92. The van der Waals surface area contributed by atoms with E-state index in [9.17, 15) is 9.00 Å². The highest BCUT2D eigenvalue weighted by molar-refractivity contribution is 7.84. The first-order valence-electron chi connectivity index (χ1n) is 6.46. The van der Waals surface area contributed by atoms with Gasteiger partial charge in [-0.2, -0.15) is 0 Å². The maximum Gasteiger partial charge on any atom is 0.232 e. The van der Waals surface area contributed by atoms with Crippen LogP contribution in [0.4, 0.5) is 0 Å². The first kappa shape index (κ1) is 15.9. The minimum absolute atomic E-state index is 0.00318. The number of hydrogen-bond acceptors (Lipinski definition) is 3. The number of aliphatic hydroxyl groups is 1. The van der Waals surface area contributed by atoms with Crippen molar-refractivity contribution in [1.82, 2.24) is 5.32 Å². The van der Waals surface area contributed by atoms with E-state index >= 15 is 0 Å². The van der Waals surface area contributed by atoms with Gasteiger partial charge in [0.2, 0.25) is 5.91 Å². The molecule has 1 amide bonds. The molecule has 0 fully saturated rings. The minimum Gasteiger partial charge on any atom is -0.392 e. The van der Waals surface area contributed by atoms with Crippen LogP contribution in [0.1, 0.15) is 30.9 Å². The molecular weight excluding hydrogens is 262 g/mol. The highest BCUT2D eigenvalue weighted by atomic mass is 32.2. The summed E-state index contributed by atoms with van der Waals surface area (Å²) < 4.78 is 11.8. The summed E-state index contributed by atoms with van der Waals surface area (Å²) in [6.45, 7) is 2.71. The van der Waals surface area contributed by atoms with Gasteiger partial charge < -0.3 is 10.4 Å². The van der Waals surface area contributed by atoms with E-state index in [1.807, 2.05) is 12.1 Å². The molecule has 0 radical (unpaired) electrons. The summed E-state index contributed by atoms with van der Waals surface area (Å²) in [5.74, 6) is 0.261. The Bertz CT molecular complexity index is 417. The molecule has 1 aromatic rings. The lowest BCUT2D eigenvalue weighted by molar-refractivity contribution is -0.118. The number of carbonyl (C=O) groups excluding carboxylic acids is 1. The van der Waals surface area contributed by atoms with Crippen LogP contribution in [0.3, 0.4) is 0 Å². The normalized spacial score (nSPS) is 12.1. The molecule has 5 heteroatoms. The van der Waals surface area contributed by atoms with E-state index in [0.717, 1.165) is 24.0 Å². The Labute approximate surface area is 116 Å². The fourth-order valence-corrected chi connectivity index (χ4v) is 2.64. The van der Waals surface area contributed by atoms with Crippen molar-refractivity contribution in [1.29, 1.82) is 0 Å². The number of unbranched alkanes of at least 4 members (excludes halogenated alkanes) is 1. The van der Waals surface area contributed by atoms with Gasteiger partial charge in [0.25, 0.3) is 0 Å². The monoisotopic (exact) mass is 283 g/mol. The van der Waals surface area contributed by atoms with Crippen molar-refractivity contribution < 1.29 is 14.1 Å². The molecule has 0 aliphatic carbocycles. The molecule has 0 aliphatic rings. The van der Waals surface area contributed by atoms with Crippen LogP contribution in [0.5, 0.6) is 0 Å². The third-order valence-electron chi connectivity index (χ3n) is 2.68. The van der Waals surface area contributed by atoms with E-state index in [4.69, 9.17) is 5.11 Å². The zero-order valence-corrected chi connectivity index (χ0v) is 12.0. The summed E-state index contributed by atoms with van der Waals surface area (Å²) in [6.07, 6.45) is 1.97. The van der Waals surface area contributed by atoms with Gasteiger partial charge in [-0.1, -0.05) is 37.6 Å². The van der Waals surface area contributed by atoms with Gasteiger partial charge in [0.1, 0.15) is 5.75 Å². The first-order chi connectivity index (χ1) is 9.15. The molecule has 0 bridgehead atoms. The van der Waals surface area contributed by atoms with Gasteiger partial charge in [-0.3, -0.25) is 9.00 Å². The zero-order valence-electron chi connectivity index (χ0n) is 11.2. The van der Waals surface area contributed by atoms with Crippen molar-refractivity contribution in [3.05, 3.63) is 35.4 Å². The van der Waals surface area contributed by atoms with Crippen molar-refractivity contribution >= 4 is 16.7 Å². The predicted octanol–water partition coefficient (Wildman–Crippen LogP) is 1.34. The Hall–Kier alpha value is -1.20. The minimum atomic E-state index is -1.19. The number of hydrogen-bond donors (Lipinski definition) is 2. The van der Waals surface area contributed by atoms with Crippen molar-refractivity contribution in [2.24, 2.45) is 0 Å². The van der Waals surface area contributed by atoms with Crippen LogP contribution < -0.4 is 5.32 Å². The fourth-order valence-electron chi connectivity index (χ4n) is 1.58. The number of nitrogens with one attached hydrogen (secondary N) is 1. The largest absolute Gasteiger partial charge is 0.392 e. The van der Waals surface area contributed by atoms with E-state index in [-0.39, 0.29) is 18.3 Å². The summed E-state index contributed by atoms with van der Waals surface area (Å²) in [5, 5.41) is 11.7. The Morgan fingerprint density at radius 1 is 1.26 bits per heavy atom. The van der Waals surface area contributed by atoms with Crippen LogP contribution >= 0.6 is 0 Å². The molecule has 106 valence electrons. The van der Waals surface area contributed by atoms with Crippen LogP contribution in [0.25, 0.3) is 0 Å². The van der Waals surface area contributed by atoms with Crippen molar-refractivity contribution in [3.63, 3.8) is 0 Å². The number of amides is 1. The lowest BCUT2D eigenvalue weighted by Gasteiger charge is -2.05. The Morgan fingerprint density at radius 2 is 1.89 bits per heavy atom. The van der Waals surface area contributed by atoms with Crippen molar-refractivity contribution in [2.75, 3.05) is 12.3 Å². The van der Waals surface area contributed by atoms with Crippen molar-refractivity contribution in [3.8, 4) is 0 Å². The predicted molar refractivity (Wildman–Crippen MR) is 77.0 cm³/mol. The Kier molecular flexibility index (Phi) is 7.36. The molecular formula is C14H21NO3S. The van der Waals surface area contributed by atoms with E-state index in [1.165, 1.54) is 0 Å². The molecule has 0 aromatic heterocycles. The molecule has 0 saturated carbocycles. The van der Waals surface area contributed by atoms with Crippen LogP contribution in [0, 0.1) is 0 Å². The van der Waals surface area contributed by atoms with Crippen LogP contribution in [-0.2, 0) is 28.0 Å². The number of aliphatic hydroxyl groups excluding tert-OH is 1. The van der Waals surface area contributed by atoms with Crippen molar-refractivity contribution in [2.45, 2.75) is 32.1 Å². The standard InChI is InChI=1S/C14H21NO3S/c1-2-3-8-15-14(17)11-19(18)10-13-6-4-12(9-16)5-7-13/h4-7,16H,2-3,8-11H2,1H3,(H,15,17).